The Balaban J connectivity index is 2.04. The standard InChI is InChI=1S/C14H20BrClN2O/c1-2-19-14-12(15)6-11(16)7-13(14)18-9-10-4-3-5-17-8-10/h6-7,10,17-18H,2-5,8-9H2,1H3. The minimum absolute atomic E-state index is 0.639. The van der Waals surface area contributed by atoms with Crippen molar-refractivity contribution < 1.29 is 4.74 Å². The van der Waals surface area contributed by atoms with Gasteiger partial charge in [-0.1, -0.05) is 11.6 Å². The van der Waals surface area contributed by atoms with Crippen molar-refractivity contribution in [1.29, 1.82) is 0 Å². The van der Waals surface area contributed by atoms with Crippen LogP contribution in [0.15, 0.2) is 16.6 Å². The van der Waals surface area contributed by atoms with Crippen LogP contribution in [0.4, 0.5) is 5.69 Å². The van der Waals surface area contributed by atoms with Gasteiger partial charge in [-0.15, -0.1) is 0 Å². The van der Waals surface area contributed by atoms with E-state index in [1.165, 1.54) is 12.8 Å². The van der Waals surface area contributed by atoms with Gasteiger partial charge in [0.2, 0.25) is 0 Å². The van der Waals surface area contributed by atoms with Crippen molar-refractivity contribution in [2.75, 3.05) is 31.6 Å². The van der Waals surface area contributed by atoms with Crippen LogP contribution in [0.3, 0.4) is 0 Å². The molecular weight excluding hydrogens is 328 g/mol. The van der Waals surface area contributed by atoms with Crippen LogP contribution in [0.2, 0.25) is 5.02 Å². The van der Waals surface area contributed by atoms with Crippen molar-refractivity contribution in [1.82, 2.24) is 5.32 Å². The number of piperidine rings is 1. The van der Waals surface area contributed by atoms with Crippen LogP contribution in [0.25, 0.3) is 0 Å². The minimum Gasteiger partial charge on any atom is -0.491 e. The molecule has 5 heteroatoms. The van der Waals surface area contributed by atoms with E-state index in [0.717, 1.165) is 35.5 Å². The third-order valence-electron chi connectivity index (χ3n) is 3.28. The van der Waals surface area contributed by atoms with Crippen LogP contribution in [-0.4, -0.2) is 26.2 Å². The van der Waals surface area contributed by atoms with Crippen molar-refractivity contribution in [3.63, 3.8) is 0 Å². The summed E-state index contributed by atoms with van der Waals surface area (Å²) in [4.78, 5) is 0. The second-order valence-electron chi connectivity index (χ2n) is 4.79. The summed E-state index contributed by atoms with van der Waals surface area (Å²) < 4.78 is 6.57. The third-order valence-corrected chi connectivity index (χ3v) is 4.08. The maximum Gasteiger partial charge on any atom is 0.156 e. The molecule has 1 aliphatic heterocycles. The second-order valence-corrected chi connectivity index (χ2v) is 6.08. The Kier molecular flexibility index (Phi) is 5.79. The number of hydrogen-bond acceptors (Lipinski definition) is 3. The summed E-state index contributed by atoms with van der Waals surface area (Å²) in [6.45, 7) is 5.79. The average Bonchev–Trinajstić information content (AvgIpc) is 2.41. The van der Waals surface area contributed by atoms with Crippen molar-refractivity contribution in [3.8, 4) is 5.75 Å². The van der Waals surface area contributed by atoms with Gasteiger partial charge < -0.3 is 15.4 Å². The lowest BCUT2D eigenvalue weighted by molar-refractivity contribution is 0.339. The highest BCUT2D eigenvalue weighted by molar-refractivity contribution is 9.10. The Morgan fingerprint density at radius 2 is 2.37 bits per heavy atom. The molecule has 0 aliphatic carbocycles. The zero-order valence-corrected chi connectivity index (χ0v) is 13.5. The fourth-order valence-electron chi connectivity index (χ4n) is 2.34. The average molecular weight is 348 g/mol. The van der Waals surface area contributed by atoms with E-state index in [4.69, 9.17) is 16.3 Å². The first-order chi connectivity index (χ1) is 9.20. The van der Waals surface area contributed by atoms with Gasteiger partial charge in [0.25, 0.3) is 0 Å². The van der Waals surface area contributed by atoms with Gasteiger partial charge in [0.1, 0.15) is 0 Å². The molecule has 1 unspecified atom stereocenters. The highest BCUT2D eigenvalue weighted by Gasteiger charge is 2.15. The first kappa shape index (κ1) is 14.9. The van der Waals surface area contributed by atoms with Crippen molar-refractivity contribution in [3.05, 3.63) is 21.6 Å². The molecule has 0 radical (unpaired) electrons. The SMILES string of the molecule is CCOc1c(Br)cc(Cl)cc1NCC1CCCNC1. The van der Waals surface area contributed by atoms with E-state index in [1.807, 2.05) is 19.1 Å². The molecule has 19 heavy (non-hydrogen) atoms. The first-order valence-electron chi connectivity index (χ1n) is 6.77. The second kappa shape index (κ2) is 7.36. The number of halogens is 2. The van der Waals surface area contributed by atoms with Crippen LogP contribution in [0.1, 0.15) is 19.8 Å². The monoisotopic (exact) mass is 346 g/mol. The van der Waals surface area contributed by atoms with Crippen LogP contribution in [-0.2, 0) is 0 Å². The fourth-order valence-corrected chi connectivity index (χ4v) is 3.26. The van der Waals surface area contributed by atoms with Gasteiger partial charge in [0, 0.05) is 11.6 Å². The molecular formula is C14H20BrClN2O. The zero-order chi connectivity index (χ0) is 13.7. The predicted octanol–water partition coefficient (Wildman–Crippen LogP) is 3.91. The molecule has 1 atom stereocenters. The summed E-state index contributed by atoms with van der Waals surface area (Å²) in [6, 6.07) is 3.79. The predicted molar refractivity (Wildman–Crippen MR) is 84.4 cm³/mol. The van der Waals surface area contributed by atoms with E-state index in [0.29, 0.717) is 17.5 Å². The molecule has 0 saturated carbocycles. The van der Waals surface area contributed by atoms with E-state index in [2.05, 4.69) is 26.6 Å². The van der Waals surface area contributed by atoms with Crippen molar-refractivity contribution >= 4 is 33.2 Å². The number of benzene rings is 1. The molecule has 1 heterocycles. The molecule has 2 N–H and O–H groups in total. The Hall–Kier alpha value is -0.450. The van der Waals surface area contributed by atoms with E-state index in [9.17, 15) is 0 Å². The van der Waals surface area contributed by atoms with E-state index in [-0.39, 0.29) is 0 Å². The van der Waals surface area contributed by atoms with E-state index >= 15 is 0 Å². The van der Waals surface area contributed by atoms with Gasteiger partial charge in [0.05, 0.1) is 16.8 Å². The van der Waals surface area contributed by atoms with Crippen LogP contribution >= 0.6 is 27.5 Å². The molecule has 1 saturated heterocycles. The molecule has 1 fully saturated rings. The lowest BCUT2D eigenvalue weighted by Gasteiger charge is -2.24. The summed E-state index contributed by atoms with van der Waals surface area (Å²) in [6.07, 6.45) is 2.52. The number of ether oxygens (including phenoxy) is 1. The van der Waals surface area contributed by atoms with Crippen LogP contribution in [0.5, 0.6) is 5.75 Å². The zero-order valence-electron chi connectivity index (χ0n) is 11.1. The largest absolute Gasteiger partial charge is 0.491 e. The quantitative estimate of drug-likeness (QED) is 0.847. The molecule has 1 aliphatic rings. The molecule has 2 rings (SSSR count). The molecule has 0 aromatic heterocycles. The van der Waals surface area contributed by atoms with E-state index < -0.39 is 0 Å². The number of hydrogen-bond donors (Lipinski definition) is 2. The number of nitrogens with one attached hydrogen (secondary N) is 2. The topological polar surface area (TPSA) is 33.3 Å². The fraction of sp³-hybridized carbons (Fsp3) is 0.571. The summed E-state index contributed by atoms with van der Waals surface area (Å²) in [7, 11) is 0. The van der Waals surface area contributed by atoms with Gasteiger partial charge >= 0.3 is 0 Å². The van der Waals surface area contributed by atoms with Gasteiger partial charge in [-0.3, -0.25) is 0 Å². The maximum absolute atomic E-state index is 6.11. The van der Waals surface area contributed by atoms with Crippen molar-refractivity contribution in [2.24, 2.45) is 5.92 Å². The minimum atomic E-state index is 0.639. The molecule has 1 aromatic carbocycles. The molecule has 3 nitrogen and oxygen atoms in total. The Bertz CT molecular complexity index is 422. The molecule has 1 aromatic rings. The van der Waals surface area contributed by atoms with Gasteiger partial charge in [-0.25, -0.2) is 0 Å². The van der Waals surface area contributed by atoms with Gasteiger partial charge in [0.15, 0.2) is 5.75 Å². The molecule has 0 bridgehead atoms. The summed E-state index contributed by atoms with van der Waals surface area (Å²) in [5, 5.41) is 7.61. The van der Waals surface area contributed by atoms with Crippen LogP contribution < -0.4 is 15.4 Å². The van der Waals surface area contributed by atoms with Crippen LogP contribution in [0, 0.1) is 5.92 Å². The maximum atomic E-state index is 6.11. The smallest absolute Gasteiger partial charge is 0.156 e. The summed E-state index contributed by atoms with van der Waals surface area (Å²) in [5.74, 6) is 1.51. The molecule has 106 valence electrons. The number of anilines is 1. The third kappa shape index (κ3) is 4.26. The normalized spacial score (nSPS) is 19.2. The Morgan fingerprint density at radius 3 is 3.05 bits per heavy atom. The lowest BCUT2D eigenvalue weighted by Crippen LogP contribution is -2.33. The van der Waals surface area contributed by atoms with Gasteiger partial charge in [-0.05, 0) is 66.8 Å². The van der Waals surface area contributed by atoms with E-state index in [1.54, 1.807) is 0 Å². The summed E-state index contributed by atoms with van der Waals surface area (Å²) in [5.41, 5.74) is 0.965. The Labute approximate surface area is 128 Å². The Morgan fingerprint density at radius 1 is 1.53 bits per heavy atom. The first-order valence-corrected chi connectivity index (χ1v) is 7.94. The van der Waals surface area contributed by atoms with Gasteiger partial charge in [-0.2, -0.15) is 0 Å². The highest BCUT2D eigenvalue weighted by atomic mass is 79.9. The number of rotatable bonds is 5. The van der Waals surface area contributed by atoms with Crippen molar-refractivity contribution in [2.45, 2.75) is 19.8 Å². The molecule has 0 amide bonds. The lowest BCUT2D eigenvalue weighted by atomic mass is 10.00. The highest BCUT2D eigenvalue weighted by Crippen LogP contribution is 2.36. The molecule has 0 spiro atoms. The summed E-state index contributed by atoms with van der Waals surface area (Å²) >= 11 is 9.61.